The van der Waals surface area contributed by atoms with Gasteiger partial charge in [-0.15, -0.1) is 0 Å². The van der Waals surface area contributed by atoms with E-state index in [0.29, 0.717) is 24.0 Å². The maximum Gasteiger partial charge on any atom is 0.296 e. The number of halogens is 1. The number of aromatic nitrogens is 1. The molecule has 31 heavy (non-hydrogen) atoms. The summed E-state index contributed by atoms with van der Waals surface area (Å²) in [5, 5.41) is 4.91. The Labute approximate surface area is 187 Å². The van der Waals surface area contributed by atoms with Crippen molar-refractivity contribution in [1.82, 2.24) is 10.1 Å². The second-order valence-corrected chi connectivity index (χ2v) is 9.49. The number of carbonyl (C=O) groups excluding carboxylic acids is 2. The average molecular weight is 442 g/mol. The smallest absolute Gasteiger partial charge is 0.296 e. The van der Waals surface area contributed by atoms with E-state index >= 15 is 0 Å². The van der Waals surface area contributed by atoms with Crippen LogP contribution in [-0.2, 0) is 11.2 Å². The molecule has 2 fully saturated rings. The predicted octanol–water partition coefficient (Wildman–Crippen LogP) is 4.82. The minimum Gasteiger partial charge on any atom is -0.351 e. The lowest BCUT2D eigenvalue weighted by Crippen LogP contribution is -2.42. The number of likely N-dealkylation sites (tertiary alicyclic amines) is 1. The van der Waals surface area contributed by atoms with Crippen molar-refractivity contribution in [2.45, 2.75) is 57.3 Å². The van der Waals surface area contributed by atoms with Crippen LogP contribution in [0.25, 0.3) is 0 Å². The second kappa shape index (κ2) is 8.65. The number of anilines is 1. The van der Waals surface area contributed by atoms with Crippen molar-refractivity contribution in [2.75, 3.05) is 24.5 Å². The zero-order valence-corrected chi connectivity index (χ0v) is 18.4. The Morgan fingerprint density at radius 1 is 1.03 bits per heavy atom. The molecule has 2 amide bonds. The zero-order valence-electron chi connectivity index (χ0n) is 17.7. The molecule has 2 aliphatic heterocycles. The maximum atomic E-state index is 13.1. The van der Waals surface area contributed by atoms with Gasteiger partial charge in [0.25, 0.3) is 5.91 Å². The van der Waals surface area contributed by atoms with Gasteiger partial charge < -0.3 is 14.3 Å². The predicted molar refractivity (Wildman–Crippen MR) is 118 cm³/mol. The monoisotopic (exact) mass is 441 g/mol. The number of amides is 2. The van der Waals surface area contributed by atoms with Crippen molar-refractivity contribution >= 4 is 29.1 Å². The van der Waals surface area contributed by atoms with Gasteiger partial charge in [0.1, 0.15) is 0 Å². The SMILES string of the molecule is O=C(C1CCCCC1)N1CCC[C@@H](c2cc(C(=O)N3CCc4cc(Cl)ccc43)on2)C1. The number of hydrogen-bond donors (Lipinski definition) is 0. The Morgan fingerprint density at radius 3 is 2.71 bits per heavy atom. The summed E-state index contributed by atoms with van der Waals surface area (Å²) in [6.45, 7) is 2.10. The van der Waals surface area contributed by atoms with Crippen LogP contribution in [0.2, 0.25) is 5.02 Å². The summed E-state index contributed by atoms with van der Waals surface area (Å²) in [5.74, 6) is 0.692. The van der Waals surface area contributed by atoms with E-state index in [1.807, 2.05) is 17.0 Å². The van der Waals surface area contributed by atoms with Crippen LogP contribution in [-0.4, -0.2) is 41.5 Å². The van der Waals surface area contributed by atoms with E-state index < -0.39 is 0 Å². The van der Waals surface area contributed by atoms with Crippen LogP contribution in [0.4, 0.5) is 5.69 Å². The highest BCUT2D eigenvalue weighted by molar-refractivity contribution is 6.30. The fraction of sp³-hybridized carbons (Fsp3) is 0.542. The number of benzene rings is 1. The van der Waals surface area contributed by atoms with Crippen LogP contribution in [0.5, 0.6) is 0 Å². The molecule has 6 nitrogen and oxygen atoms in total. The molecule has 164 valence electrons. The molecule has 0 N–H and O–H groups in total. The van der Waals surface area contributed by atoms with Gasteiger partial charge in [0.15, 0.2) is 0 Å². The molecular weight excluding hydrogens is 414 g/mol. The van der Waals surface area contributed by atoms with Crippen molar-refractivity contribution < 1.29 is 14.1 Å². The first-order chi connectivity index (χ1) is 15.1. The van der Waals surface area contributed by atoms with Gasteiger partial charge in [-0.25, -0.2) is 0 Å². The normalized spacial score (nSPS) is 21.9. The number of carbonyl (C=O) groups is 2. The summed E-state index contributed by atoms with van der Waals surface area (Å²) >= 11 is 6.08. The Kier molecular flexibility index (Phi) is 5.74. The Morgan fingerprint density at radius 2 is 1.87 bits per heavy atom. The van der Waals surface area contributed by atoms with E-state index in [9.17, 15) is 9.59 Å². The van der Waals surface area contributed by atoms with Crippen molar-refractivity contribution in [2.24, 2.45) is 5.92 Å². The molecule has 3 heterocycles. The molecular formula is C24H28ClN3O3. The quantitative estimate of drug-likeness (QED) is 0.685. The summed E-state index contributed by atoms with van der Waals surface area (Å²) in [5.41, 5.74) is 2.74. The maximum absolute atomic E-state index is 13.1. The minimum absolute atomic E-state index is 0.122. The molecule has 1 aliphatic carbocycles. The van der Waals surface area contributed by atoms with E-state index in [1.165, 1.54) is 6.42 Å². The van der Waals surface area contributed by atoms with Crippen LogP contribution in [0.3, 0.4) is 0 Å². The van der Waals surface area contributed by atoms with Gasteiger partial charge in [0, 0.05) is 48.2 Å². The van der Waals surface area contributed by atoms with Crippen molar-refractivity contribution in [3.63, 3.8) is 0 Å². The van der Waals surface area contributed by atoms with Crippen molar-refractivity contribution in [3.8, 4) is 0 Å². The first-order valence-corrected chi connectivity index (χ1v) is 11.8. The highest BCUT2D eigenvalue weighted by Gasteiger charge is 2.33. The van der Waals surface area contributed by atoms with E-state index in [0.717, 1.165) is 68.4 Å². The van der Waals surface area contributed by atoms with Gasteiger partial charge in [-0.3, -0.25) is 9.59 Å². The first-order valence-electron chi connectivity index (χ1n) is 11.5. The average Bonchev–Trinajstić information content (AvgIpc) is 3.46. The van der Waals surface area contributed by atoms with Crippen LogP contribution in [0.15, 0.2) is 28.8 Å². The van der Waals surface area contributed by atoms with Gasteiger partial charge in [0.2, 0.25) is 11.7 Å². The zero-order chi connectivity index (χ0) is 21.4. The molecule has 1 saturated carbocycles. The van der Waals surface area contributed by atoms with Gasteiger partial charge in [-0.2, -0.15) is 0 Å². The molecule has 0 spiro atoms. The van der Waals surface area contributed by atoms with E-state index in [2.05, 4.69) is 5.16 Å². The fourth-order valence-electron chi connectivity index (χ4n) is 5.32. The molecule has 3 aliphatic rings. The molecule has 5 rings (SSSR count). The molecule has 1 aromatic carbocycles. The van der Waals surface area contributed by atoms with Crippen LogP contribution >= 0.6 is 11.6 Å². The van der Waals surface area contributed by atoms with Crippen LogP contribution < -0.4 is 4.90 Å². The minimum atomic E-state index is -0.175. The second-order valence-electron chi connectivity index (χ2n) is 9.05. The lowest BCUT2D eigenvalue weighted by Gasteiger charge is -2.35. The van der Waals surface area contributed by atoms with Crippen LogP contribution in [0, 0.1) is 5.92 Å². The van der Waals surface area contributed by atoms with Gasteiger partial charge in [0.05, 0.1) is 5.69 Å². The Balaban J connectivity index is 1.27. The number of nitrogens with zero attached hydrogens (tertiary/aromatic N) is 3. The molecule has 1 aromatic heterocycles. The lowest BCUT2D eigenvalue weighted by atomic mass is 9.87. The van der Waals surface area contributed by atoms with Gasteiger partial charge in [-0.05, 0) is 55.9 Å². The molecule has 1 atom stereocenters. The number of hydrogen-bond acceptors (Lipinski definition) is 4. The third kappa shape index (κ3) is 4.10. The highest BCUT2D eigenvalue weighted by Crippen LogP contribution is 2.33. The number of rotatable bonds is 3. The molecule has 0 radical (unpaired) electrons. The summed E-state index contributed by atoms with van der Waals surface area (Å²) < 4.78 is 5.47. The van der Waals surface area contributed by atoms with Crippen LogP contribution in [0.1, 0.15) is 72.7 Å². The largest absolute Gasteiger partial charge is 0.351 e. The summed E-state index contributed by atoms with van der Waals surface area (Å²) in [7, 11) is 0. The van der Waals surface area contributed by atoms with Crippen molar-refractivity contribution in [3.05, 3.63) is 46.3 Å². The topological polar surface area (TPSA) is 66.7 Å². The highest BCUT2D eigenvalue weighted by atomic mass is 35.5. The Bertz CT molecular complexity index is 982. The Hall–Kier alpha value is -2.34. The summed E-state index contributed by atoms with van der Waals surface area (Å²) in [6.07, 6.45) is 8.30. The van der Waals surface area contributed by atoms with Gasteiger partial charge in [-0.1, -0.05) is 36.0 Å². The number of piperidine rings is 1. The van der Waals surface area contributed by atoms with E-state index in [4.69, 9.17) is 16.1 Å². The molecule has 1 saturated heterocycles. The third-order valence-electron chi connectivity index (χ3n) is 7.03. The third-order valence-corrected chi connectivity index (χ3v) is 7.26. The van der Waals surface area contributed by atoms with Crippen molar-refractivity contribution in [1.29, 1.82) is 0 Å². The molecule has 0 bridgehead atoms. The molecule has 7 heteroatoms. The fourth-order valence-corrected chi connectivity index (χ4v) is 5.52. The first kappa shape index (κ1) is 20.6. The molecule has 2 aromatic rings. The van der Waals surface area contributed by atoms with E-state index in [1.54, 1.807) is 17.0 Å². The van der Waals surface area contributed by atoms with E-state index in [-0.39, 0.29) is 23.5 Å². The molecule has 0 unspecified atom stereocenters. The standard InChI is InChI=1S/C24H28ClN3O3/c25-19-8-9-21-17(13-19)10-12-28(21)24(30)22-14-20(26-31-22)18-7-4-11-27(15-18)23(29)16-5-2-1-3-6-16/h8-9,13-14,16,18H,1-7,10-12,15H2/t18-/m1/s1. The summed E-state index contributed by atoms with van der Waals surface area (Å²) in [4.78, 5) is 29.8. The lowest BCUT2D eigenvalue weighted by molar-refractivity contribution is -0.137. The number of fused-ring (bicyclic) bond motifs is 1. The van der Waals surface area contributed by atoms with Gasteiger partial charge >= 0.3 is 0 Å². The summed E-state index contributed by atoms with van der Waals surface area (Å²) in [6, 6.07) is 7.37.